The van der Waals surface area contributed by atoms with Gasteiger partial charge in [-0.2, -0.15) is 0 Å². The highest BCUT2D eigenvalue weighted by Gasteiger charge is 2.14. The number of aromatic nitrogens is 3. The number of carbonyl (C=O) groups excluding carboxylic acids is 1. The van der Waals surface area contributed by atoms with E-state index >= 15 is 0 Å². The number of nitrogens with two attached hydrogens (primary N) is 1. The number of hydrogen-bond donors (Lipinski definition) is 1. The molecule has 3 aromatic rings. The molecule has 0 saturated heterocycles. The number of carboxylic acids is 1. The van der Waals surface area contributed by atoms with Crippen LogP contribution in [0.25, 0.3) is 11.6 Å². The second-order valence-corrected chi connectivity index (χ2v) is 5.37. The van der Waals surface area contributed by atoms with Gasteiger partial charge in [-0.1, -0.05) is 36.0 Å². The van der Waals surface area contributed by atoms with Crippen LogP contribution < -0.4 is 10.9 Å². The number of rotatable bonds is 5. The summed E-state index contributed by atoms with van der Waals surface area (Å²) in [7, 11) is 0. The van der Waals surface area contributed by atoms with Gasteiger partial charge < -0.3 is 20.2 Å². The summed E-state index contributed by atoms with van der Waals surface area (Å²) in [6.45, 7) is 0. The van der Waals surface area contributed by atoms with E-state index in [0.29, 0.717) is 22.5 Å². The molecule has 0 amide bonds. The number of carboxylic acid groups (broad SMARTS) is 1. The van der Waals surface area contributed by atoms with Crippen molar-refractivity contribution in [1.29, 1.82) is 0 Å². The van der Waals surface area contributed by atoms with Crippen molar-refractivity contribution in [3.63, 3.8) is 0 Å². The molecule has 0 radical (unpaired) electrons. The first-order valence-corrected chi connectivity index (χ1v) is 7.31. The predicted molar refractivity (Wildman–Crippen MR) is 78.2 cm³/mol. The van der Waals surface area contributed by atoms with Gasteiger partial charge in [0.1, 0.15) is 0 Å². The minimum absolute atomic E-state index is 0.149. The zero-order valence-corrected chi connectivity index (χ0v) is 12.1. The monoisotopic (exact) mass is 315 g/mol. The topological polar surface area (TPSA) is 110 Å². The van der Waals surface area contributed by atoms with Crippen LogP contribution in [0, 0.1) is 0 Å². The van der Waals surface area contributed by atoms with E-state index in [-0.39, 0.29) is 5.56 Å². The zero-order valence-electron chi connectivity index (χ0n) is 11.3. The van der Waals surface area contributed by atoms with Gasteiger partial charge in [-0.3, -0.25) is 0 Å². The van der Waals surface area contributed by atoms with E-state index in [2.05, 4.69) is 10.2 Å². The minimum atomic E-state index is -1.19. The maximum absolute atomic E-state index is 10.7. The summed E-state index contributed by atoms with van der Waals surface area (Å²) in [5.41, 5.74) is 1.09. The van der Waals surface area contributed by atoms with Gasteiger partial charge in [-0.05, 0) is 23.3 Å². The lowest BCUT2D eigenvalue weighted by atomic mass is 10.1. The maximum Gasteiger partial charge on any atom is 0.218 e. The predicted octanol–water partition coefficient (Wildman–Crippen LogP) is 0.908. The lowest BCUT2D eigenvalue weighted by molar-refractivity contribution is -0.255. The van der Waals surface area contributed by atoms with Crippen LogP contribution in [0.4, 0.5) is 0 Å². The van der Waals surface area contributed by atoms with Gasteiger partial charge in [0, 0.05) is 5.75 Å². The van der Waals surface area contributed by atoms with Crippen molar-refractivity contribution in [1.82, 2.24) is 14.9 Å². The van der Waals surface area contributed by atoms with Crippen LogP contribution in [0.2, 0.25) is 0 Å². The Labute approximate surface area is 129 Å². The highest BCUT2D eigenvalue weighted by atomic mass is 32.2. The first kappa shape index (κ1) is 14.2. The number of thioether (sulfide) groups is 1. The van der Waals surface area contributed by atoms with Crippen LogP contribution in [0.1, 0.15) is 15.9 Å². The molecule has 0 unspecified atom stereocenters. The largest absolute Gasteiger partial charge is 0.545 e. The summed E-state index contributed by atoms with van der Waals surface area (Å²) in [6, 6.07) is 9.96. The average molecular weight is 315 g/mol. The number of carbonyl (C=O) groups is 1. The van der Waals surface area contributed by atoms with Gasteiger partial charge >= 0.3 is 0 Å². The van der Waals surface area contributed by atoms with Crippen molar-refractivity contribution in [3.8, 4) is 11.6 Å². The van der Waals surface area contributed by atoms with Crippen molar-refractivity contribution in [2.24, 2.45) is 0 Å². The summed E-state index contributed by atoms with van der Waals surface area (Å²) in [4.78, 5) is 10.7. The van der Waals surface area contributed by atoms with Crippen molar-refractivity contribution in [2.45, 2.75) is 10.9 Å². The van der Waals surface area contributed by atoms with E-state index in [0.717, 1.165) is 5.56 Å². The fraction of sp³-hybridized carbons (Fsp3) is 0.0714. The van der Waals surface area contributed by atoms with Crippen LogP contribution >= 0.6 is 11.8 Å². The van der Waals surface area contributed by atoms with Crippen LogP contribution in [-0.4, -0.2) is 20.8 Å². The number of furan rings is 1. The van der Waals surface area contributed by atoms with E-state index in [4.69, 9.17) is 10.3 Å². The molecule has 3 rings (SSSR count). The Morgan fingerprint density at radius 3 is 2.68 bits per heavy atom. The molecule has 0 bridgehead atoms. The minimum Gasteiger partial charge on any atom is -0.545 e. The van der Waals surface area contributed by atoms with E-state index in [9.17, 15) is 9.90 Å². The highest BCUT2D eigenvalue weighted by molar-refractivity contribution is 7.98. The Morgan fingerprint density at radius 2 is 2.05 bits per heavy atom. The third kappa shape index (κ3) is 2.82. The smallest absolute Gasteiger partial charge is 0.218 e. The summed E-state index contributed by atoms with van der Waals surface area (Å²) in [5, 5.41) is 19.2. The third-order valence-corrected chi connectivity index (χ3v) is 3.98. The molecule has 0 fully saturated rings. The number of nitrogens with zero attached hydrogens (tertiary/aromatic N) is 3. The molecule has 7 nitrogen and oxygen atoms in total. The molecule has 0 saturated carbocycles. The lowest BCUT2D eigenvalue weighted by Crippen LogP contribution is -2.21. The molecule has 2 heterocycles. The molecule has 0 spiro atoms. The first-order valence-electron chi connectivity index (χ1n) is 6.32. The van der Waals surface area contributed by atoms with Crippen molar-refractivity contribution in [3.05, 3.63) is 53.8 Å². The van der Waals surface area contributed by atoms with Crippen LogP contribution in [-0.2, 0) is 5.75 Å². The Kier molecular flexibility index (Phi) is 3.84. The molecule has 1 aromatic carbocycles. The van der Waals surface area contributed by atoms with Crippen LogP contribution in [0.15, 0.2) is 52.2 Å². The van der Waals surface area contributed by atoms with E-state index in [1.165, 1.54) is 34.8 Å². The molecule has 0 atom stereocenters. The van der Waals surface area contributed by atoms with E-state index in [1.807, 2.05) is 0 Å². The molecular weight excluding hydrogens is 304 g/mol. The molecule has 0 aliphatic heterocycles. The summed E-state index contributed by atoms with van der Waals surface area (Å²) in [6.07, 6.45) is 1.54. The Morgan fingerprint density at radius 1 is 1.27 bits per heavy atom. The van der Waals surface area contributed by atoms with E-state index < -0.39 is 5.97 Å². The van der Waals surface area contributed by atoms with Gasteiger partial charge in [0.2, 0.25) is 11.0 Å². The Balaban J connectivity index is 1.70. The highest BCUT2D eigenvalue weighted by Crippen LogP contribution is 2.24. The van der Waals surface area contributed by atoms with Crippen LogP contribution in [0.3, 0.4) is 0 Å². The van der Waals surface area contributed by atoms with Gasteiger partial charge in [0.05, 0.1) is 12.2 Å². The van der Waals surface area contributed by atoms with Gasteiger partial charge in [-0.25, -0.2) is 4.68 Å². The molecule has 22 heavy (non-hydrogen) atoms. The zero-order chi connectivity index (χ0) is 15.5. The average Bonchev–Trinajstić information content (AvgIpc) is 3.15. The number of benzene rings is 1. The second-order valence-electron chi connectivity index (χ2n) is 4.43. The van der Waals surface area contributed by atoms with Gasteiger partial charge in [-0.15, -0.1) is 10.2 Å². The molecule has 0 aliphatic carbocycles. The van der Waals surface area contributed by atoms with Crippen LogP contribution in [0.5, 0.6) is 0 Å². The van der Waals surface area contributed by atoms with Crippen molar-refractivity contribution >= 4 is 17.7 Å². The van der Waals surface area contributed by atoms with Crippen molar-refractivity contribution < 1.29 is 14.3 Å². The normalized spacial score (nSPS) is 10.7. The fourth-order valence-corrected chi connectivity index (χ4v) is 2.65. The van der Waals surface area contributed by atoms with Gasteiger partial charge in [0.25, 0.3) is 0 Å². The Bertz CT molecular complexity index is 781. The molecule has 2 aromatic heterocycles. The van der Waals surface area contributed by atoms with Gasteiger partial charge in [0.15, 0.2) is 5.76 Å². The second kappa shape index (κ2) is 5.94. The number of aromatic carboxylic acids is 1. The van der Waals surface area contributed by atoms with E-state index in [1.54, 1.807) is 24.3 Å². The quantitative estimate of drug-likeness (QED) is 0.550. The summed E-state index contributed by atoms with van der Waals surface area (Å²) >= 11 is 1.39. The fourth-order valence-electron chi connectivity index (χ4n) is 1.83. The third-order valence-electron chi connectivity index (χ3n) is 2.96. The maximum atomic E-state index is 10.7. The standard InChI is InChI=1S/C14H12N4O3S/c15-18-12(11-2-1-7-21-11)16-17-14(18)22-8-9-3-5-10(6-4-9)13(19)20/h1-7H,8,15H2,(H,19,20)/p-1. The number of hydrogen-bond acceptors (Lipinski definition) is 7. The number of nitrogen functional groups attached to an aromatic ring is 1. The molecule has 112 valence electrons. The summed E-state index contributed by atoms with van der Waals surface area (Å²) in [5.74, 6) is 6.33. The first-order chi connectivity index (χ1) is 10.6. The molecular formula is C14H11N4O3S-. The Hall–Kier alpha value is -2.74. The van der Waals surface area contributed by atoms with Crippen molar-refractivity contribution in [2.75, 3.05) is 5.84 Å². The molecule has 8 heteroatoms. The lowest BCUT2D eigenvalue weighted by Gasteiger charge is -2.05. The molecule has 2 N–H and O–H groups in total. The SMILES string of the molecule is Nn1c(SCc2ccc(C(=O)[O-])cc2)nnc1-c1ccco1. The summed E-state index contributed by atoms with van der Waals surface area (Å²) < 4.78 is 6.60. The molecule has 0 aliphatic rings.